The highest BCUT2D eigenvalue weighted by Crippen LogP contribution is 2.22. The first kappa shape index (κ1) is 13.8. The number of aryl methyl sites for hydroxylation is 2. The van der Waals surface area contributed by atoms with Gasteiger partial charge in [-0.2, -0.15) is 0 Å². The maximum Gasteiger partial charge on any atom is 0.169 e. The zero-order valence-corrected chi connectivity index (χ0v) is 12.6. The molecule has 0 heterocycles. The summed E-state index contributed by atoms with van der Waals surface area (Å²) in [6.45, 7) is 4.06. The minimum absolute atomic E-state index is 0.0578. The molecule has 2 nitrogen and oxygen atoms in total. The Bertz CT molecular complexity index is 614. The maximum atomic E-state index is 12.4. The highest BCUT2D eigenvalue weighted by molar-refractivity contribution is 9.10. The van der Waals surface area contributed by atoms with E-state index in [-0.39, 0.29) is 5.78 Å². The fraction of sp³-hybridized carbons (Fsp3) is 0.188. The summed E-state index contributed by atoms with van der Waals surface area (Å²) >= 11 is 3.34. The topological polar surface area (TPSA) is 43.1 Å². The second-order valence-corrected chi connectivity index (χ2v) is 5.62. The third-order valence-corrected chi connectivity index (χ3v) is 3.79. The van der Waals surface area contributed by atoms with Crippen molar-refractivity contribution in [2.45, 2.75) is 20.3 Å². The van der Waals surface area contributed by atoms with Gasteiger partial charge < -0.3 is 5.73 Å². The standard InChI is InChI=1S/C16H16BrNO/c1-10-4-3-5-11(2)14(10)9-16(19)13-7-6-12(17)8-15(13)18/h3-8H,9,18H2,1-2H3. The Hall–Kier alpha value is -1.61. The third-order valence-electron chi connectivity index (χ3n) is 3.30. The van der Waals surface area contributed by atoms with E-state index in [4.69, 9.17) is 5.73 Å². The van der Waals surface area contributed by atoms with E-state index in [1.165, 1.54) is 0 Å². The third kappa shape index (κ3) is 3.04. The molecule has 3 heteroatoms. The predicted octanol–water partition coefficient (Wildman–Crippen LogP) is 4.07. The van der Waals surface area contributed by atoms with E-state index in [1.807, 2.05) is 38.1 Å². The van der Waals surface area contributed by atoms with Crippen LogP contribution in [0.2, 0.25) is 0 Å². The molecule has 0 radical (unpaired) electrons. The van der Waals surface area contributed by atoms with Crippen molar-refractivity contribution in [3.63, 3.8) is 0 Å². The molecule has 0 fully saturated rings. The monoisotopic (exact) mass is 317 g/mol. The number of carbonyl (C=O) groups is 1. The zero-order valence-electron chi connectivity index (χ0n) is 11.0. The van der Waals surface area contributed by atoms with Crippen molar-refractivity contribution in [3.05, 3.63) is 63.1 Å². The number of anilines is 1. The normalized spacial score (nSPS) is 10.5. The van der Waals surface area contributed by atoms with Crippen molar-refractivity contribution in [2.75, 3.05) is 5.73 Å². The van der Waals surface area contributed by atoms with Crippen LogP contribution in [0.5, 0.6) is 0 Å². The number of hydrogen-bond acceptors (Lipinski definition) is 2. The van der Waals surface area contributed by atoms with Gasteiger partial charge in [0.05, 0.1) is 0 Å². The molecular formula is C16H16BrNO. The second-order valence-electron chi connectivity index (χ2n) is 4.70. The highest BCUT2D eigenvalue weighted by Gasteiger charge is 2.13. The molecule has 2 N–H and O–H groups in total. The van der Waals surface area contributed by atoms with Crippen molar-refractivity contribution >= 4 is 27.4 Å². The van der Waals surface area contributed by atoms with Crippen molar-refractivity contribution in [1.29, 1.82) is 0 Å². The van der Waals surface area contributed by atoms with Crippen LogP contribution in [0.25, 0.3) is 0 Å². The first-order chi connectivity index (χ1) is 8.99. The molecule has 0 aliphatic heterocycles. The molecule has 2 aromatic rings. The summed E-state index contributed by atoms with van der Waals surface area (Å²) in [5.41, 5.74) is 10.4. The molecule has 0 bridgehead atoms. The first-order valence-corrected chi connectivity index (χ1v) is 6.91. The number of nitrogen functional groups attached to an aromatic ring is 1. The van der Waals surface area contributed by atoms with Crippen LogP contribution in [0.4, 0.5) is 5.69 Å². The van der Waals surface area contributed by atoms with Gasteiger partial charge in [0.1, 0.15) is 0 Å². The SMILES string of the molecule is Cc1cccc(C)c1CC(=O)c1ccc(Br)cc1N. The fourth-order valence-electron chi connectivity index (χ4n) is 2.17. The summed E-state index contributed by atoms with van der Waals surface area (Å²) in [7, 11) is 0. The van der Waals surface area contributed by atoms with Crippen LogP contribution in [0.1, 0.15) is 27.0 Å². The lowest BCUT2D eigenvalue weighted by atomic mass is 9.95. The number of Topliss-reactive ketones (excluding diaryl/α,β-unsaturated/α-hetero) is 1. The largest absolute Gasteiger partial charge is 0.398 e. The smallest absolute Gasteiger partial charge is 0.169 e. The van der Waals surface area contributed by atoms with E-state index in [0.717, 1.165) is 21.2 Å². The molecule has 19 heavy (non-hydrogen) atoms. The minimum atomic E-state index is 0.0578. The van der Waals surface area contributed by atoms with E-state index in [9.17, 15) is 4.79 Å². The average Bonchev–Trinajstić information content (AvgIpc) is 2.33. The molecule has 0 saturated carbocycles. The van der Waals surface area contributed by atoms with Gasteiger partial charge in [0.15, 0.2) is 5.78 Å². The van der Waals surface area contributed by atoms with Crippen molar-refractivity contribution < 1.29 is 4.79 Å². The molecule has 0 aliphatic carbocycles. The summed E-state index contributed by atoms with van der Waals surface area (Å²) in [4.78, 5) is 12.4. The number of hydrogen-bond donors (Lipinski definition) is 1. The van der Waals surface area contributed by atoms with Gasteiger partial charge >= 0.3 is 0 Å². The Morgan fingerprint density at radius 2 is 1.79 bits per heavy atom. The Kier molecular flexibility index (Phi) is 4.05. The highest BCUT2D eigenvalue weighted by atomic mass is 79.9. The number of benzene rings is 2. The minimum Gasteiger partial charge on any atom is -0.398 e. The molecule has 2 aromatic carbocycles. The van der Waals surface area contributed by atoms with Crippen LogP contribution in [0.15, 0.2) is 40.9 Å². The summed E-state index contributed by atoms with van der Waals surface area (Å²) < 4.78 is 0.883. The fourth-order valence-corrected chi connectivity index (χ4v) is 2.55. The summed E-state index contributed by atoms with van der Waals surface area (Å²) in [5.74, 6) is 0.0578. The van der Waals surface area contributed by atoms with E-state index < -0.39 is 0 Å². The molecular weight excluding hydrogens is 302 g/mol. The number of carbonyl (C=O) groups excluding carboxylic acids is 1. The van der Waals surface area contributed by atoms with E-state index in [2.05, 4.69) is 15.9 Å². The van der Waals surface area contributed by atoms with Gasteiger partial charge in [-0.05, 0) is 48.7 Å². The van der Waals surface area contributed by atoms with Crippen molar-refractivity contribution in [2.24, 2.45) is 0 Å². The average molecular weight is 318 g/mol. The van der Waals surface area contributed by atoms with Gasteiger partial charge in [0.25, 0.3) is 0 Å². The van der Waals surface area contributed by atoms with Crippen molar-refractivity contribution in [1.82, 2.24) is 0 Å². The van der Waals surface area contributed by atoms with Crippen LogP contribution in [-0.4, -0.2) is 5.78 Å². The van der Waals surface area contributed by atoms with Crippen molar-refractivity contribution in [3.8, 4) is 0 Å². The number of rotatable bonds is 3. The van der Waals surface area contributed by atoms with Gasteiger partial charge in [0, 0.05) is 22.1 Å². The predicted molar refractivity (Wildman–Crippen MR) is 82.5 cm³/mol. The Morgan fingerprint density at radius 3 is 2.37 bits per heavy atom. The van der Waals surface area contributed by atoms with Gasteiger partial charge in [-0.3, -0.25) is 4.79 Å². The van der Waals surface area contributed by atoms with Crippen LogP contribution in [-0.2, 0) is 6.42 Å². The zero-order chi connectivity index (χ0) is 14.0. The maximum absolute atomic E-state index is 12.4. The van der Waals surface area contributed by atoms with Crippen LogP contribution >= 0.6 is 15.9 Å². The quantitative estimate of drug-likeness (QED) is 0.685. The molecule has 2 rings (SSSR count). The lowest BCUT2D eigenvalue weighted by molar-refractivity contribution is 0.0993. The van der Waals surface area contributed by atoms with Gasteiger partial charge in [-0.25, -0.2) is 0 Å². The van der Waals surface area contributed by atoms with Gasteiger partial charge in [-0.15, -0.1) is 0 Å². The van der Waals surface area contributed by atoms with Crippen LogP contribution in [0.3, 0.4) is 0 Å². The lowest BCUT2D eigenvalue weighted by Gasteiger charge is -2.10. The Morgan fingerprint density at radius 1 is 1.16 bits per heavy atom. The summed E-state index contributed by atoms with van der Waals surface area (Å²) in [6.07, 6.45) is 0.393. The second kappa shape index (κ2) is 5.57. The lowest BCUT2D eigenvalue weighted by Crippen LogP contribution is -2.09. The van der Waals surface area contributed by atoms with E-state index in [0.29, 0.717) is 17.7 Å². The molecule has 0 unspecified atom stereocenters. The summed E-state index contributed by atoms with van der Waals surface area (Å²) in [5, 5.41) is 0. The number of halogens is 1. The van der Waals surface area contributed by atoms with Crippen LogP contribution in [0, 0.1) is 13.8 Å². The van der Waals surface area contributed by atoms with Gasteiger partial charge in [-0.1, -0.05) is 34.1 Å². The number of ketones is 1. The van der Waals surface area contributed by atoms with Crippen LogP contribution < -0.4 is 5.73 Å². The Balaban J connectivity index is 2.31. The molecule has 0 amide bonds. The van der Waals surface area contributed by atoms with E-state index >= 15 is 0 Å². The molecule has 0 saturated heterocycles. The Labute approximate surface area is 121 Å². The first-order valence-electron chi connectivity index (χ1n) is 6.12. The number of nitrogens with two attached hydrogens (primary N) is 1. The molecule has 0 atom stereocenters. The molecule has 0 aromatic heterocycles. The summed E-state index contributed by atoms with van der Waals surface area (Å²) in [6, 6.07) is 11.4. The van der Waals surface area contributed by atoms with E-state index in [1.54, 1.807) is 12.1 Å². The molecule has 98 valence electrons. The molecule has 0 spiro atoms. The molecule has 0 aliphatic rings. The van der Waals surface area contributed by atoms with Gasteiger partial charge in [0.2, 0.25) is 0 Å².